The monoisotopic (exact) mass is 214 g/mol. The normalized spacial score (nSPS) is 33.4. The van der Waals surface area contributed by atoms with Gasteiger partial charge in [0.1, 0.15) is 0 Å². The van der Waals surface area contributed by atoms with Crippen molar-refractivity contribution in [2.24, 2.45) is 10.8 Å². The van der Waals surface area contributed by atoms with Gasteiger partial charge in [-0.1, -0.05) is 41.5 Å². The zero-order chi connectivity index (χ0) is 11.9. The van der Waals surface area contributed by atoms with Crippen LogP contribution in [0.5, 0.6) is 0 Å². The van der Waals surface area contributed by atoms with E-state index in [0.717, 1.165) is 12.8 Å². The highest BCUT2D eigenvalue weighted by molar-refractivity contribution is 4.90. The molecule has 0 amide bonds. The molecule has 0 saturated carbocycles. The van der Waals surface area contributed by atoms with E-state index >= 15 is 0 Å². The van der Waals surface area contributed by atoms with Gasteiger partial charge in [-0.3, -0.25) is 0 Å². The molecule has 1 saturated heterocycles. The average molecular weight is 214 g/mol. The Labute approximate surface area is 94.0 Å². The molecule has 0 aromatic rings. The van der Waals surface area contributed by atoms with Gasteiger partial charge in [-0.15, -0.1) is 0 Å². The molecule has 3 atom stereocenters. The van der Waals surface area contributed by atoms with Crippen LogP contribution in [0.2, 0.25) is 0 Å². The van der Waals surface area contributed by atoms with Crippen molar-refractivity contribution in [3.8, 4) is 0 Å². The molecule has 2 heteroatoms. The molecule has 90 valence electrons. The topological polar surface area (TPSA) is 29.5 Å². The van der Waals surface area contributed by atoms with Crippen molar-refractivity contribution in [3.05, 3.63) is 0 Å². The highest BCUT2D eigenvalue weighted by Crippen LogP contribution is 2.37. The summed E-state index contributed by atoms with van der Waals surface area (Å²) in [6.45, 7) is 13.0. The van der Waals surface area contributed by atoms with Crippen LogP contribution in [-0.2, 0) is 4.74 Å². The van der Waals surface area contributed by atoms with E-state index in [1.54, 1.807) is 0 Å². The summed E-state index contributed by atoms with van der Waals surface area (Å²) >= 11 is 0. The summed E-state index contributed by atoms with van der Waals surface area (Å²) in [5, 5.41) is 9.97. The minimum Gasteiger partial charge on any atom is -0.390 e. The molecule has 1 aliphatic heterocycles. The van der Waals surface area contributed by atoms with E-state index in [4.69, 9.17) is 4.74 Å². The lowest BCUT2D eigenvalue weighted by molar-refractivity contribution is -0.0593. The molecule has 0 bridgehead atoms. The van der Waals surface area contributed by atoms with Crippen molar-refractivity contribution in [2.75, 3.05) is 0 Å². The second kappa shape index (κ2) is 4.06. The summed E-state index contributed by atoms with van der Waals surface area (Å²) < 4.78 is 5.96. The minimum atomic E-state index is -0.294. The van der Waals surface area contributed by atoms with Crippen LogP contribution in [-0.4, -0.2) is 23.4 Å². The second-order valence-corrected chi connectivity index (χ2v) is 7.11. The van der Waals surface area contributed by atoms with Gasteiger partial charge in [0, 0.05) is 6.42 Å². The Morgan fingerprint density at radius 2 is 1.67 bits per heavy atom. The van der Waals surface area contributed by atoms with Crippen molar-refractivity contribution in [3.63, 3.8) is 0 Å². The Morgan fingerprint density at radius 3 is 2.00 bits per heavy atom. The Hall–Kier alpha value is -0.0800. The molecule has 0 aromatic carbocycles. The molecule has 0 aliphatic carbocycles. The molecule has 1 aliphatic rings. The van der Waals surface area contributed by atoms with E-state index < -0.39 is 0 Å². The molecule has 15 heavy (non-hydrogen) atoms. The Balaban J connectivity index is 2.57. The van der Waals surface area contributed by atoms with Crippen LogP contribution < -0.4 is 0 Å². The molecule has 1 rings (SSSR count). The number of aliphatic hydroxyl groups is 1. The van der Waals surface area contributed by atoms with E-state index in [1.807, 2.05) is 0 Å². The van der Waals surface area contributed by atoms with Crippen molar-refractivity contribution in [1.29, 1.82) is 0 Å². The van der Waals surface area contributed by atoms with E-state index in [-0.39, 0.29) is 29.1 Å². The van der Waals surface area contributed by atoms with Gasteiger partial charge in [-0.25, -0.2) is 0 Å². The lowest BCUT2D eigenvalue weighted by atomic mass is 9.85. The van der Waals surface area contributed by atoms with Gasteiger partial charge in [-0.2, -0.15) is 0 Å². The van der Waals surface area contributed by atoms with Gasteiger partial charge < -0.3 is 9.84 Å². The zero-order valence-electron chi connectivity index (χ0n) is 11.0. The third-order valence-electron chi connectivity index (χ3n) is 2.89. The first-order chi connectivity index (χ1) is 6.59. The first-order valence-corrected chi connectivity index (χ1v) is 5.93. The van der Waals surface area contributed by atoms with Crippen molar-refractivity contribution in [1.82, 2.24) is 0 Å². The van der Waals surface area contributed by atoms with E-state index in [1.165, 1.54) is 0 Å². The summed E-state index contributed by atoms with van der Waals surface area (Å²) in [6.07, 6.45) is 1.74. The number of hydrogen-bond acceptors (Lipinski definition) is 2. The highest BCUT2D eigenvalue weighted by atomic mass is 16.5. The van der Waals surface area contributed by atoms with Crippen molar-refractivity contribution in [2.45, 2.75) is 72.7 Å². The minimum absolute atomic E-state index is 0.00940. The maximum Gasteiger partial charge on any atom is 0.0886 e. The summed E-state index contributed by atoms with van der Waals surface area (Å²) in [4.78, 5) is 0. The zero-order valence-corrected chi connectivity index (χ0v) is 11.0. The molecule has 1 heterocycles. The maximum atomic E-state index is 9.97. The third kappa shape index (κ3) is 3.76. The molecule has 1 N–H and O–H groups in total. The van der Waals surface area contributed by atoms with E-state index in [2.05, 4.69) is 41.5 Å². The SMILES string of the molecule is CC(C)(C)CC1CC(O)C(C(C)(C)C)O1. The van der Waals surface area contributed by atoms with Gasteiger partial charge in [0.25, 0.3) is 0 Å². The molecule has 0 aromatic heterocycles. The number of hydrogen-bond donors (Lipinski definition) is 1. The van der Waals surface area contributed by atoms with Crippen LogP contribution in [0.3, 0.4) is 0 Å². The van der Waals surface area contributed by atoms with Gasteiger partial charge in [0.15, 0.2) is 0 Å². The lowest BCUT2D eigenvalue weighted by Gasteiger charge is -2.30. The summed E-state index contributed by atoms with van der Waals surface area (Å²) in [5.74, 6) is 0. The molecule has 2 nitrogen and oxygen atoms in total. The molecule has 1 fully saturated rings. The quantitative estimate of drug-likeness (QED) is 0.727. The number of aliphatic hydroxyl groups excluding tert-OH is 1. The number of ether oxygens (including phenoxy) is 1. The fraction of sp³-hybridized carbons (Fsp3) is 1.00. The van der Waals surface area contributed by atoms with Crippen LogP contribution in [0, 0.1) is 10.8 Å². The highest BCUT2D eigenvalue weighted by Gasteiger charge is 2.41. The average Bonchev–Trinajstić information content (AvgIpc) is 2.25. The lowest BCUT2D eigenvalue weighted by Crippen LogP contribution is -2.34. The molecule has 3 unspecified atom stereocenters. The largest absolute Gasteiger partial charge is 0.390 e. The van der Waals surface area contributed by atoms with Crippen LogP contribution in [0.1, 0.15) is 54.4 Å². The smallest absolute Gasteiger partial charge is 0.0886 e. The summed E-state index contributed by atoms with van der Waals surface area (Å²) in [7, 11) is 0. The van der Waals surface area contributed by atoms with E-state index in [0.29, 0.717) is 0 Å². The fourth-order valence-corrected chi connectivity index (χ4v) is 2.34. The van der Waals surface area contributed by atoms with Crippen molar-refractivity contribution >= 4 is 0 Å². The number of rotatable bonds is 1. The van der Waals surface area contributed by atoms with Gasteiger partial charge in [-0.05, 0) is 17.3 Å². The van der Waals surface area contributed by atoms with Crippen LogP contribution in [0.25, 0.3) is 0 Å². The molecular weight excluding hydrogens is 188 g/mol. The predicted octanol–water partition coefficient (Wildman–Crippen LogP) is 2.99. The van der Waals surface area contributed by atoms with Gasteiger partial charge in [0.2, 0.25) is 0 Å². The Kier molecular flexibility index (Phi) is 3.52. The van der Waals surface area contributed by atoms with Crippen LogP contribution in [0.15, 0.2) is 0 Å². The second-order valence-electron chi connectivity index (χ2n) is 7.11. The maximum absolute atomic E-state index is 9.97. The van der Waals surface area contributed by atoms with Crippen LogP contribution >= 0.6 is 0 Å². The van der Waals surface area contributed by atoms with Crippen molar-refractivity contribution < 1.29 is 9.84 Å². The Morgan fingerprint density at radius 1 is 1.13 bits per heavy atom. The van der Waals surface area contributed by atoms with Gasteiger partial charge in [0.05, 0.1) is 18.3 Å². The standard InChI is InChI=1S/C13H26O2/c1-12(2,3)8-9-7-10(14)11(15-9)13(4,5)6/h9-11,14H,7-8H2,1-6H3. The van der Waals surface area contributed by atoms with E-state index in [9.17, 15) is 5.11 Å². The summed E-state index contributed by atoms with van der Waals surface area (Å²) in [6, 6.07) is 0. The molecular formula is C13H26O2. The van der Waals surface area contributed by atoms with Gasteiger partial charge >= 0.3 is 0 Å². The Bertz CT molecular complexity index is 210. The predicted molar refractivity (Wildman–Crippen MR) is 62.8 cm³/mol. The first kappa shape index (κ1) is 13.0. The van der Waals surface area contributed by atoms with Crippen LogP contribution in [0.4, 0.5) is 0 Å². The fourth-order valence-electron chi connectivity index (χ4n) is 2.34. The summed E-state index contributed by atoms with van der Waals surface area (Å²) in [5.41, 5.74) is 0.309. The molecule has 0 radical (unpaired) electrons. The first-order valence-electron chi connectivity index (χ1n) is 5.93. The molecule has 0 spiro atoms. The third-order valence-corrected chi connectivity index (χ3v) is 2.89.